The fourth-order valence-electron chi connectivity index (χ4n) is 1.82. The Kier molecular flexibility index (Phi) is 4.08. The Morgan fingerprint density at radius 1 is 0.947 bits per heavy atom. The van der Waals surface area contributed by atoms with Crippen LogP contribution in [0.25, 0.3) is 0 Å². The summed E-state index contributed by atoms with van der Waals surface area (Å²) in [4.78, 5) is 14.4. The van der Waals surface area contributed by atoms with E-state index in [0.29, 0.717) is 0 Å². The molecule has 2 aromatic carbocycles. The summed E-state index contributed by atoms with van der Waals surface area (Å²) in [5, 5.41) is 3.31. The first-order valence-corrected chi connectivity index (χ1v) is 6.19. The summed E-state index contributed by atoms with van der Waals surface area (Å²) in [6.07, 6.45) is 0. The summed E-state index contributed by atoms with van der Waals surface area (Å²) in [7, 11) is 1.87. The van der Waals surface area contributed by atoms with Gasteiger partial charge in [0.25, 0.3) is 5.84 Å². The molecule has 2 N–H and O–H groups in total. The maximum atomic E-state index is 11.2. The highest BCUT2D eigenvalue weighted by atomic mass is 16.1. The third-order valence-corrected chi connectivity index (χ3v) is 2.87. The van der Waals surface area contributed by atoms with Crippen LogP contribution in [0.3, 0.4) is 0 Å². The summed E-state index contributed by atoms with van der Waals surface area (Å²) in [6.45, 7) is 1.57. The zero-order valence-electron chi connectivity index (χ0n) is 11.1. The Labute approximate surface area is 113 Å². The molecular weight excluding hydrogens is 236 g/mol. The van der Waals surface area contributed by atoms with Gasteiger partial charge in [-0.3, -0.25) is 9.79 Å². The van der Waals surface area contributed by atoms with Crippen molar-refractivity contribution in [2.45, 2.75) is 6.92 Å². The van der Waals surface area contributed by atoms with E-state index in [1.54, 1.807) is 6.92 Å². The van der Waals surface area contributed by atoms with Gasteiger partial charge in [0.05, 0.1) is 12.6 Å². The molecule has 0 heterocycles. The van der Waals surface area contributed by atoms with Crippen LogP contribution in [0.1, 0.15) is 22.8 Å². The number of nitrogens with one attached hydrogen (secondary N) is 2. The van der Waals surface area contributed by atoms with Gasteiger partial charge in [-0.1, -0.05) is 18.2 Å². The van der Waals surface area contributed by atoms with Crippen molar-refractivity contribution in [2.24, 2.45) is 0 Å². The molecule has 19 heavy (non-hydrogen) atoms. The Morgan fingerprint density at radius 3 is 2.11 bits per heavy atom. The van der Waals surface area contributed by atoms with Gasteiger partial charge in [-0.15, -0.1) is 0 Å². The van der Waals surface area contributed by atoms with Crippen molar-refractivity contribution in [3.63, 3.8) is 0 Å². The van der Waals surface area contributed by atoms with Crippen LogP contribution in [0.4, 0.5) is 5.69 Å². The van der Waals surface area contributed by atoms with Crippen LogP contribution >= 0.6 is 0 Å². The molecule has 3 heteroatoms. The van der Waals surface area contributed by atoms with Crippen LogP contribution in [-0.2, 0) is 0 Å². The van der Waals surface area contributed by atoms with Gasteiger partial charge < -0.3 is 0 Å². The second-order valence-corrected chi connectivity index (χ2v) is 4.25. The molecule has 0 aliphatic heterocycles. The lowest BCUT2D eigenvalue weighted by Gasteiger charge is -2.03. The van der Waals surface area contributed by atoms with Gasteiger partial charge >= 0.3 is 0 Å². The standard InChI is InChI=1S/C16H16N2O/c1-12(19)13-8-10-15(11-9-13)18-16(17-2)14-6-4-3-5-7-14/h3-11H,1-2H3,(H,17,18)/p+1. The highest BCUT2D eigenvalue weighted by Gasteiger charge is 2.09. The number of rotatable bonds is 3. The zero-order valence-corrected chi connectivity index (χ0v) is 11.1. The smallest absolute Gasteiger partial charge is 0.279 e. The van der Waals surface area contributed by atoms with Crippen LogP contribution in [-0.4, -0.2) is 18.7 Å². The lowest BCUT2D eigenvalue weighted by atomic mass is 10.1. The maximum Gasteiger partial charge on any atom is 0.279 e. The van der Waals surface area contributed by atoms with Crippen molar-refractivity contribution < 1.29 is 9.79 Å². The number of amidine groups is 1. The van der Waals surface area contributed by atoms with Gasteiger partial charge in [0.15, 0.2) is 5.78 Å². The van der Waals surface area contributed by atoms with E-state index in [2.05, 4.69) is 10.3 Å². The third-order valence-electron chi connectivity index (χ3n) is 2.87. The van der Waals surface area contributed by atoms with Crippen LogP contribution in [0.15, 0.2) is 54.6 Å². The molecule has 0 fully saturated rings. The number of hydrogen-bond acceptors (Lipinski definition) is 1. The summed E-state index contributed by atoms with van der Waals surface area (Å²) in [6, 6.07) is 17.5. The summed E-state index contributed by atoms with van der Waals surface area (Å²) in [5.41, 5.74) is 2.75. The van der Waals surface area contributed by atoms with Crippen LogP contribution in [0.2, 0.25) is 0 Å². The van der Waals surface area contributed by atoms with E-state index in [-0.39, 0.29) is 5.78 Å². The fourth-order valence-corrected chi connectivity index (χ4v) is 1.82. The molecule has 0 atom stereocenters. The fraction of sp³-hybridized carbons (Fsp3) is 0.125. The Morgan fingerprint density at radius 2 is 1.58 bits per heavy atom. The topological polar surface area (TPSA) is 43.1 Å². The maximum absolute atomic E-state index is 11.2. The number of benzene rings is 2. The Bertz CT molecular complexity index is 586. The first kappa shape index (κ1) is 13.0. The summed E-state index contributed by atoms with van der Waals surface area (Å²) >= 11 is 0. The molecule has 0 aliphatic carbocycles. The van der Waals surface area contributed by atoms with E-state index >= 15 is 0 Å². The van der Waals surface area contributed by atoms with Crippen molar-refractivity contribution in [3.05, 3.63) is 65.7 Å². The van der Waals surface area contributed by atoms with E-state index in [0.717, 1.165) is 22.6 Å². The van der Waals surface area contributed by atoms with Crippen LogP contribution < -0.4 is 10.3 Å². The predicted molar refractivity (Wildman–Crippen MR) is 77.5 cm³/mol. The van der Waals surface area contributed by atoms with Gasteiger partial charge in [0, 0.05) is 5.56 Å². The second kappa shape index (κ2) is 5.96. The van der Waals surface area contributed by atoms with Gasteiger partial charge in [-0.25, -0.2) is 5.32 Å². The molecule has 0 unspecified atom stereocenters. The SMILES string of the molecule is C[NH+]=C(Nc1ccc(C(C)=O)cc1)c1ccccc1. The van der Waals surface area contributed by atoms with E-state index in [4.69, 9.17) is 0 Å². The number of carbonyl (C=O) groups excluding carboxylic acids is 1. The Balaban J connectivity index is 2.18. The molecule has 0 saturated heterocycles. The number of carbonyl (C=O) groups is 1. The first-order chi connectivity index (χ1) is 9.20. The van der Waals surface area contributed by atoms with Crippen LogP contribution in [0, 0.1) is 0 Å². The first-order valence-electron chi connectivity index (χ1n) is 6.19. The average molecular weight is 253 g/mol. The van der Waals surface area contributed by atoms with Crippen molar-refractivity contribution in [3.8, 4) is 0 Å². The van der Waals surface area contributed by atoms with E-state index < -0.39 is 0 Å². The number of Topliss-reactive ketones (excluding diaryl/α,β-unsaturated/α-hetero) is 1. The summed E-state index contributed by atoms with van der Waals surface area (Å²) in [5.74, 6) is 1.00. The Hall–Kier alpha value is -2.42. The average Bonchev–Trinajstić information content (AvgIpc) is 2.46. The normalized spacial score (nSPS) is 11.2. The van der Waals surface area contributed by atoms with Gasteiger partial charge in [0.1, 0.15) is 5.69 Å². The minimum Gasteiger partial charge on any atom is -0.295 e. The molecule has 0 amide bonds. The molecular formula is C16H17N2O+. The lowest BCUT2D eigenvalue weighted by molar-refractivity contribution is -0.419. The van der Waals surface area contributed by atoms with E-state index in [9.17, 15) is 4.79 Å². The van der Waals surface area contributed by atoms with Gasteiger partial charge in [-0.05, 0) is 43.3 Å². The molecule has 0 bridgehead atoms. The summed E-state index contributed by atoms with van der Waals surface area (Å²) < 4.78 is 0. The molecule has 0 aromatic heterocycles. The van der Waals surface area contributed by atoms with Gasteiger partial charge in [0.2, 0.25) is 0 Å². The molecule has 3 nitrogen and oxygen atoms in total. The highest BCUT2D eigenvalue weighted by molar-refractivity contribution is 6.04. The van der Waals surface area contributed by atoms with Gasteiger partial charge in [-0.2, -0.15) is 0 Å². The second-order valence-electron chi connectivity index (χ2n) is 4.25. The molecule has 2 rings (SSSR count). The van der Waals surface area contributed by atoms with Crippen molar-refractivity contribution >= 4 is 17.3 Å². The molecule has 0 radical (unpaired) electrons. The van der Waals surface area contributed by atoms with E-state index in [1.807, 2.05) is 61.6 Å². The van der Waals surface area contributed by atoms with Crippen molar-refractivity contribution in [2.75, 3.05) is 12.4 Å². The minimum absolute atomic E-state index is 0.0763. The van der Waals surface area contributed by atoms with Crippen LogP contribution in [0.5, 0.6) is 0 Å². The quantitative estimate of drug-likeness (QED) is 0.494. The molecule has 96 valence electrons. The molecule has 0 aliphatic rings. The monoisotopic (exact) mass is 253 g/mol. The largest absolute Gasteiger partial charge is 0.295 e. The minimum atomic E-state index is 0.0763. The number of anilines is 1. The predicted octanol–water partition coefficient (Wildman–Crippen LogP) is 1.46. The molecule has 0 spiro atoms. The van der Waals surface area contributed by atoms with Crippen molar-refractivity contribution in [1.82, 2.24) is 0 Å². The lowest BCUT2D eigenvalue weighted by Crippen LogP contribution is -2.70. The third kappa shape index (κ3) is 3.28. The number of hydrogen-bond donors (Lipinski definition) is 2. The number of ketones is 1. The highest BCUT2D eigenvalue weighted by Crippen LogP contribution is 2.11. The van der Waals surface area contributed by atoms with E-state index in [1.165, 1.54) is 0 Å². The van der Waals surface area contributed by atoms with Crippen molar-refractivity contribution in [1.29, 1.82) is 0 Å². The zero-order chi connectivity index (χ0) is 13.7. The molecule has 2 aromatic rings. The molecule has 0 saturated carbocycles.